The van der Waals surface area contributed by atoms with Gasteiger partial charge in [-0.15, -0.1) is 0 Å². The van der Waals surface area contributed by atoms with Crippen LogP contribution in [0.1, 0.15) is 47.9 Å². The number of rotatable bonds is 6. The summed E-state index contributed by atoms with van der Waals surface area (Å²) >= 11 is 0. The Hall–Kier alpha value is -2.99. The van der Waals surface area contributed by atoms with Crippen molar-refractivity contribution in [2.45, 2.75) is 46.1 Å². The van der Waals surface area contributed by atoms with Gasteiger partial charge in [-0.25, -0.2) is 4.39 Å². The first-order valence-electron chi connectivity index (χ1n) is 13.1. The molecule has 2 aromatic carbocycles. The summed E-state index contributed by atoms with van der Waals surface area (Å²) in [6, 6.07) is 11.5. The van der Waals surface area contributed by atoms with Gasteiger partial charge in [0.1, 0.15) is 0 Å². The number of benzene rings is 2. The van der Waals surface area contributed by atoms with Crippen LogP contribution in [0.4, 0.5) is 4.39 Å². The monoisotopic (exact) mass is 489 g/mol. The van der Waals surface area contributed by atoms with Gasteiger partial charge in [0, 0.05) is 38.2 Å². The first kappa shape index (κ1) is 24.7. The third kappa shape index (κ3) is 5.10. The Morgan fingerprint density at radius 2 is 1.97 bits per heavy atom. The number of likely N-dealkylation sites (tertiary alicyclic amines) is 1. The molecular formula is C30H36FN3O2. The summed E-state index contributed by atoms with van der Waals surface area (Å²) < 4.78 is 19.4. The quantitative estimate of drug-likeness (QED) is 0.568. The topological polar surface area (TPSA) is 45.1 Å². The van der Waals surface area contributed by atoms with Crippen molar-refractivity contribution in [3.63, 3.8) is 0 Å². The maximum atomic E-state index is 14.3. The predicted molar refractivity (Wildman–Crippen MR) is 141 cm³/mol. The molecule has 0 aliphatic carbocycles. The lowest BCUT2D eigenvalue weighted by molar-refractivity contribution is -0.132. The SMILES string of the molecule is COc1ccc(C2=NCC3=C2CN(C(=O)C[C@@H]2CCCN(Cc4c(C)cccc4C)C2)CC3)cc1F. The highest BCUT2D eigenvalue weighted by Gasteiger charge is 2.31. The molecular weight excluding hydrogens is 453 g/mol. The van der Waals surface area contributed by atoms with Crippen LogP contribution in [0.3, 0.4) is 0 Å². The molecule has 3 aliphatic rings. The fourth-order valence-electron chi connectivity index (χ4n) is 5.94. The third-order valence-corrected chi connectivity index (χ3v) is 8.04. The van der Waals surface area contributed by atoms with Gasteiger partial charge in [-0.3, -0.25) is 14.7 Å². The fourth-order valence-corrected chi connectivity index (χ4v) is 5.94. The van der Waals surface area contributed by atoms with E-state index >= 15 is 0 Å². The van der Waals surface area contributed by atoms with E-state index in [9.17, 15) is 9.18 Å². The number of carbonyl (C=O) groups excluding carboxylic acids is 1. The Balaban J connectivity index is 1.21. The minimum atomic E-state index is -0.391. The molecule has 36 heavy (non-hydrogen) atoms. The van der Waals surface area contributed by atoms with Gasteiger partial charge < -0.3 is 9.64 Å². The van der Waals surface area contributed by atoms with Crippen molar-refractivity contribution in [3.05, 3.63) is 75.6 Å². The lowest BCUT2D eigenvalue weighted by atomic mass is 9.91. The van der Waals surface area contributed by atoms with Gasteiger partial charge in [0.05, 0.1) is 19.4 Å². The largest absolute Gasteiger partial charge is 0.494 e. The van der Waals surface area contributed by atoms with E-state index in [1.165, 1.54) is 35.4 Å². The lowest BCUT2D eigenvalue weighted by Crippen LogP contribution is -2.41. The number of carbonyl (C=O) groups is 1. The van der Waals surface area contributed by atoms with Gasteiger partial charge in [-0.05, 0) is 91.6 Å². The van der Waals surface area contributed by atoms with Crippen molar-refractivity contribution in [1.82, 2.24) is 9.80 Å². The van der Waals surface area contributed by atoms with E-state index in [2.05, 4.69) is 36.9 Å². The number of hydrogen-bond donors (Lipinski definition) is 0. The zero-order valence-corrected chi connectivity index (χ0v) is 21.6. The Labute approximate surface area is 213 Å². The smallest absolute Gasteiger partial charge is 0.223 e. The highest BCUT2D eigenvalue weighted by atomic mass is 19.1. The van der Waals surface area contributed by atoms with Gasteiger partial charge in [0.15, 0.2) is 11.6 Å². The highest BCUT2D eigenvalue weighted by molar-refractivity contribution is 6.15. The maximum absolute atomic E-state index is 14.3. The minimum absolute atomic E-state index is 0.228. The number of piperidine rings is 1. The van der Waals surface area contributed by atoms with Crippen molar-refractivity contribution in [2.24, 2.45) is 10.9 Å². The molecule has 0 spiro atoms. The molecule has 1 saturated heterocycles. The number of hydrogen-bond acceptors (Lipinski definition) is 4. The summed E-state index contributed by atoms with van der Waals surface area (Å²) in [4.78, 5) is 22.6. The van der Waals surface area contributed by atoms with Crippen LogP contribution in [0.15, 0.2) is 52.5 Å². The van der Waals surface area contributed by atoms with Crippen LogP contribution in [0.5, 0.6) is 5.75 Å². The molecule has 2 aromatic rings. The van der Waals surface area contributed by atoms with Crippen molar-refractivity contribution >= 4 is 11.6 Å². The zero-order valence-electron chi connectivity index (χ0n) is 21.6. The summed E-state index contributed by atoms with van der Waals surface area (Å²) in [5.41, 5.74) is 8.06. The van der Waals surface area contributed by atoms with E-state index in [0.29, 0.717) is 25.4 Å². The molecule has 0 unspecified atom stereocenters. The first-order chi connectivity index (χ1) is 17.4. The standard InChI is InChI=1S/C30H36FN3O2/c1-20-6-4-7-21(2)25(20)18-33-12-5-8-22(17-33)14-29(35)34-13-11-24-16-32-30(26(24)19-34)23-9-10-28(36-3)27(31)15-23/h4,6-7,9-10,15,22H,5,8,11-14,16-19H2,1-3H3/t22-/m0/s1. The van der Waals surface area contributed by atoms with Gasteiger partial charge >= 0.3 is 0 Å². The number of aryl methyl sites for hydroxylation is 2. The number of nitrogens with zero attached hydrogens (tertiary/aromatic N) is 3. The van der Waals surface area contributed by atoms with Gasteiger partial charge in [-0.2, -0.15) is 0 Å². The lowest BCUT2D eigenvalue weighted by Gasteiger charge is -2.35. The predicted octanol–water partition coefficient (Wildman–Crippen LogP) is 5.09. The molecule has 1 amide bonds. The second-order valence-corrected chi connectivity index (χ2v) is 10.5. The minimum Gasteiger partial charge on any atom is -0.494 e. The molecule has 1 atom stereocenters. The molecule has 0 bridgehead atoms. The van der Waals surface area contributed by atoms with Crippen molar-refractivity contribution in [2.75, 3.05) is 39.8 Å². The van der Waals surface area contributed by atoms with Crippen LogP contribution in [-0.2, 0) is 11.3 Å². The molecule has 6 heteroatoms. The first-order valence-corrected chi connectivity index (χ1v) is 13.1. The molecule has 0 N–H and O–H groups in total. The summed E-state index contributed by atoms with van der Waals surface area (Å²) in [5, 5.41) is 0. The summed E-state index contributed by atoms with van der Waals surface area (Å²) in [7, 11) is 1.46. The van der Waals surface area contributed by atoms with Crippen LogP contribution < -0.4 is 4.74 Å². The summed E-state index contributed by atoms with van der Waals surface area (Å²) in [6.07, 6.45) is 3.68. The summed E-state index contributed by atoms with van der Waals surface area (Å²) in [6.45, 7) is 9.37. The van der Waals surface area contributed by atoms with Gasteiger partial charge in [-0.1, -0.05) is 18.2 Å². The normalized spacial score (nSPS) is 20.4. The molecule has 3 aliphatic heterocycles. The molecule has 3 heterocycles. The Kier molecular flexibility index (Phi) is 7.24. The van der Waals surface area contributed by atoms with E-state index in [1.807, 2.05) is 11.0 Å². The van der Waals surface area contributed by atoms with E-state index < -0.39 is 5.82 Å². The van der Waals surface area contributed by atoms with Crippen LogP contribution >= 0.6 is 0 Å². The fraction of sp³-hybridized carbons (Fsp3) is 0.467. The molecule has 0 saturated carbocycles. The molecule has 190 valence electrons. The van der Waals surface area contributed by atoms with Gasteiger partial charge in [0.25, 0.3) is 0 Å². The number of amides is 1. The summed E-state index contributed by atoms with van der Waals surface area (Å²) in [5.74, 6) is 0.454. The van der Waals surface area contributed by atoms with Crippen LogP contribution in [-0.4, -0.2) is 61.3 Å². The molecule has 0 aromatic heterocycles. The molecule has 1 fully saturated rings. The Morgan fingerprint density at radius 1 is 1.17 bits per heavy atom. The Bertz CT molecular complexity index is 1200. The average molecular weight is 490 g/mol. The van der Waals surface area contributed by atoms with Crippen LogP contribution in [0.2, 0.25) is 0 Å². The second-order valence-electron chi connectivity index (χ2n) is 10.5. The van der Waals surface area contributed by atoms with E-state index in [4.69, 9.17) is 9.73 Å². The number of halogens is 1. The van der Waals surface area contributed by atoms with E-state index in [0.717, 1.165) is 62.3 Å². The van der Waals surface area contributed by atoms with Gasteiger partial charge in [0.2, 0.25) is 5.91 Å². The zero-order chi connectivity index (χ0) is 25.2. The van der Waals surface area contributed by atoms with E-state index in [1.54, 1.807) is 6.07 Å². The third-order valence-electron chi connectivity index (χ3n) is 8.04. The van der Waals surface area contributed by atoms with Crippen molar-refractivity contribution in [3.8, 4) is 5.75 Å². The number of aliphatic imine (C=N–C) groups is 1. The second kappa shape index (κ2) is 10.6. The molecule has 0 radical (unpaired) electrons. The molecule has 5 rings (SSSR count). The highest BCUT2D eigenvalue weighted by Crippen LogP contribution is 2.31. The van der Waals surface area contributed by atoms with Crippen LogP contribution in [0.25, 0.3) is 0 Å². The van der Waals surface area contributed by atoms with Crippen LogP contribution in [0, 0.1) is 25.6 Å². The average Bonchev–Trinajstić information content (AvgIpc) is 3.30. The number of ether oxygens (including phenoxy) is 1. The molecule has 5 nitrogen and oxygen atoms in total. The Morgan fingerprint density at radius 3 is 2.72 bits per heavy atom. The maximum Gasteiger partial charge on any atom is 0.223 e. The van der Waals surface area contributed by atoms with E-state index in [-0.39, 0.29) is 11.7 Å². The number of methoxy groups -OCH3 is 1. The van der Waals surface area contributed by atoms with Crippen molar-refractivity contribution < 1.29 is 13.9 Å². The van der Waals surface area contributed by atoms with Crippen molar-refractivity contribution in [1.29, 1.82) is 0 Å².